The minimum atomic E-state index is -0.0310. The van der Waals surface area contributed by atoms with Crippen molar-refractivity contribution in [3.05, 3.63) is 0 Å². The smallest absolute Gasteiger partial charge is 0.160 e. The van der Waals surface area contributed by atoms with Crippen LogP contribution in [0.15, 0.2) is 0 Å². The fraction of sp³-hybridized carbons (Fsp3) is 1.00. The van der Waals surface area contributed by atoms with Gasteiger partial charge >= 0.3 is 0 Å². The lowest BCUT2D eigenvalue weighted by molar-refractivity contribution is -0.201. The monoisotopic (exact) mass is 160 g/mol. The first-order valence-corrected chi connectivity index (χ1v) is 4.25. The minimum absolute atomic E-state index is 0.0310. The van der Waals surface area contributed by atoms with Gasteiger partial charge in [0.25, 0.3) is 0 Å². The summed E-state index contributed by atoms with van der Waals surface area (Å²) >= 11 is 0. The molecule has 0 amide bonds. The highest BCUT2D eigenvalue weighted by Gasteiger charge is 2.25. The van der Waals surface area contributed by atoms with E-state index in [0.29, 0.717) is 13.2 Å². The van der Waals surface area contributed by atoms with Crippen molar-refractivity contribution in [1.82, 2.24) is 0 Å². The molecule has 3 heteroatoms. The first kappa shape index (κ1) is 8.97. The second-order valence-electron chi connectivity index (χ2n) is 2.48. The molecule has 1 saturated heterocycles. The van der Waals surface area contributed by atoms with Crippen molar-refractivity contribution in [2.45, 2.75) is 39.3 Å². The Kier molecular flexibility index (Phi) is 3.83. The van der Waals surface area contributed by atoms with E-state index in [1.54, 1.807) is 0 Å². The van der Waals surface area contributed by atoms with Crippen LogP contribution in [0.4, 0.5) is 0 Å². The Bertz CT molecular complexity index is 93.5. The summed E-state index contributed by atoms with van der Waals surface area (Å²) in [6.07, 6.45) is 1.85. The highest BCUT2D eigenvalue weighted by molar-refractivity contribution is 4.59. The van der Waals surface area contributed by atoms with Crippen LogP contribution in [0.5, 0.6) is 0 Å². The molecule has 0 radical (unpaired) electrons. The maximum Gasteiger partial charge on any atom is 0.160 e. The Morgan fingerprint density at radius 1 is 1.09 bits per heavy atom. The van der Waals surface area contributed by atoms with Crippen LogP contribution in [0.1, 0.15) is 26.7 Å². The van der Waals surface area contributed by atoms with Crippen LogP contribution < -0.4 is 0 Å². The topological polar surface area (TPSA) is 27.7 Å². The fourth-order valence-electron chi connectivity index (χ4n) is 1.19. The summed E-state index contributed by atoms with van der Waals surface area (Å²) in [6, 6.07) is 0. The summed E-state index contributed by atoms with van der Waals surface area (Å²) in [5, 5.41) is 0. The van der Waals surface area contributed by atoms with Gasteiger partial charge in [-0.1, -0.05) is 0 Å². The van der Waals surface area contributed by atoms with Gasteiger partial charge in [0.1, 0.15) is 0 Å². The van der Waals surface area contributed by atoms with Gasteiger partial charge in [0.05, 0.1) is 0 Å². The molecule has 0 aromatic heterocycles. The van der Waals surface area contributed by atoms with Crippen molar-refractivity contribution in [3.63, 3.8) is 0 Å². The highest BCUT2D eigenvalue weighted by atomic mass is 16.8. The summed E-state index contributed by atoms with van der Waals surface area (Å²) in [6.45, 7) is 5.36. The van der Waals surface area contributed by atoms with Crippen molar-refractivity contribution in [2.24, 2.45) is 0 Å². The lowest BCUT2D eigenvalue weighted by Crippen LogP contribution is -2.16. The van der Waals surface area contributed by atoms with E-state index in [4.69, 9.17) is 14.2 Å². The van der Waals surface area contributed by atoms with Crippen LogP contribution in [0.3, 0.4) is 0 Å². The molecular weight excluding hydrogens is 144 g/mol. The van der Waals surface area contributed by atoms with Crippen molar-refractivity contribution in [2.75, 3.05) is 13.2 Å². The zero-order valence-electron chi connectivity index (χ0n) is 7.21. The third-order valence-electron chi connectivity index (χ3n) is 1.65. The lowest BCUT2D eigenvalue weighted by Gasteiger charge is -2.12. The van der Waals surface area contributed by atoms with Gasteiger partial charge in [0.2, 0.25) is 0 Å². The van der Waals surface area contributed by atoms with Crippen molar-refractivity contribution in [3.8, 4) is 0 Å². The van der Waals surface area contributed by atoms with E-state index in [2.05, 4.69) is 0 Å². The number of rotatable bonds is 4. The Balaban J connectivity index is 2.12. The molecule has 0 spiro atoms. The van der Waals surface area contributed by atoms with E-state index in [-0.39, 0.29) is 12.6 Å². The second kappa shape index (κ2) is 4.70. The standard InChI is InChI=1S/C8H16O3/c1-3-9-7-5-6-8(11-7)10-4-2/h7-8H,3-6H2,1-2H3. The lowest BCUT2D eigenvalue weighted by atomic mass is 10.3. The van der Waals surface area contributed by atoms with Crippen molar-refractivity contribution in [1.29, 1.82) is 0 Å². The molecule has 0 aliphatic carbocycles. The summed E-state index contributed by atoms with van der Waals surface area (Å²) in [7, 11) is 0. The predicted molar refractivity (Wildman–Crippen MR) is 41.1 cm³/mol. The molecular formula is C8H16O3. The van der Waals surface area contributed by atoms with Gasteiger partial charge in [-0.25, -0.2) is 0 Å². The van der Waals surface area contributed by atoms with Gasteiger partial charge in [-0.2, -0.15) is 0 Å². The molecule has 0 aromatic rings. The molecule has 1 rings (SSSR count). The van der Waals surface area contributed by atoms with Gasteiger partial charge in [-0.15, -0.1) is 0 Å². The van der Waals surface area contributed by atoms with Gasteiger partial charge in [0, 0.05) is 26.1 Å². The Morgan fingerprint density at radius 2 is 1.55 bits per heavy atom. The largest absolute Gasteiger partial charge is 0.353 e. The number of ether oxygens (including phenoxy) is 3. The Morgan fingerprint density at radius 3 is 1.91 bits per heavy atom. The van der Waals surface area contributed by atoms with E-state index in [9.17, 15) is 0 Å². The first-order chi connectivity index (χ1) is 5.36. The molecule has 1 aliphatic heterocycles. The van der Waals surface area contributed by atoms with Crippen LogP contribution in [-0.4, -0.2) is 25.8 Å². The van der Waals surface area contributed by atoms with Crippen LogP contribution in [0.2, 0.25) is 0 Å². The quantitative estimate of drug-likeness (QED) is 0.624. The normalized spacial score (nSPS) is 31.1. The van der Waals surface area contributed by atoms with E-state index >= 15 is 0 Å². The van der Waals surface area contributed by atoms with Gasteiger partial charge in [-0.05, 0) is 13.8 Å². The SMILES string of the molecule is CCOC1CCC(OCC)O1. The predicted octanol–water partition coefficient (Wildman–Crippen LogP) is 1.52. The van der Waals surface area contributed by atoms with E-state index in [1.165, 1.54) is 0 Å². The maximum atomic E-state index is 5.40. The second-order valence-corrected chi connectivity index (χ2v) is 2.48. The number of hydrogen-bond donors (Lipinski definition) is 0. The Labute approximate surface area is 67.6 Å². The van der Waals surface area contributed by atoms with Crippen molar-refractivity contribution < 1.29 is 14.2 Å². The summed E-state index contributed by atoms with van der Waals surface area (Å²) in [5.41, 5.74) is 0. The summed E-state index contributed by atoms with van der Waals surface area (Å²) < 4.78 is 16.0. The van der Waals surface area contributed by atoms with Gasteiger partial charge in [-0.3, -0.25) is 0 Å². The molecule has 3 nitrogen and oxygen atoms in total. The van der Waals surface area contributed by atoms with Gasteiger partial charge in [0.15, 0.2) is 12.6 Å². The van der Waals surface area contributed by atoms with Gasteiger partial charge < -0.3 is 14.2 Å². The van der Waals surface area contributed by atoms with Crippen LogP contribution in [-0.2, 0) is 14.2 Å². The minimum Gasteiger partial charge on any atom is -0.353 e. The summed E-state index contributed by atoms with van der Waals surface area (Å²) in [4.78, 5) is 0. The molecule has 0 bridgehead atoms. The number of hydrogen-bond acceptors (Lipinski definition) is 3. The Hall–Kier alpha value is -0.120. The molecule has 2 unspecified atom stereocenters. The molecule has 1 aliphatic rings. The summed E-state index contributed by atoms with van der Waals surface area (Å²) in [5.74, 6) is 0. The van der Waals surface area contributed by atoms with Crippen LogP contribution in [0.25, 0.3) is 0 Å². The van der Waals surface area contributed by atoms with E-state index < -0.39 is 0 Å². The molecule has 2 atom stereocenters. The zero-order chi connectivity index (χ0) is 8.10. The molecule has 0 N–H and O–H groups in total. The third kappa shape index (κ3) is 2.77. The highest BCUT2D eigenvalue weighted by Crippen LogP contribution is 2.20. The van der Waals surface area contributed by atoms with E-state index in [1.807, 2.05) is 13.8 Å². The molecule has 1 fully saturated rings. The fourth-order valence-corrected chi connectivity index (χ4v) is 1.19. The average Bonchev–Trinajstić information content (AvgIpc) is 2.38. The molecule has 11 heavy (non-hydrogen) atoms. The zero-order valence-corrected chi connectivity index (χ0v) is 7.21. The maximum absolute atomic E-state index is 5.40. The van der Waals surface area contributed by atoms with E-state index in [0.717, 1.165) is 12.8 Å². The molecule has 0 saturated carbocycles. The first-order valence-electron chi connectivity index (χ1n) is 4.25. The van der Waals surface area contributed by atoms with Crippen molar-refractivity contribution >= 4 is 0 Å². The van der Waals surface area contributed by atoms with Crippen LogP contribution >= 0.6 is 0 Å². The third-order valence-corrected chi connectivity index (χ3v) is 1.65. The van der Waals surface area contributed by atoms with Crippen LogP contribution in [0, 0.1) is 0 Å². The molecule has 66 valence electrons. The molecule has 0 aromatic carbocycles. The molecule has 1 heterocycles. The average molecular weight is 160 g/mol.